The highest BCUT2D eigenvalue weighted by molar-refractivity contribution is 6.01. The van der Waals surface area contributed by atoms with Crippen LogP contribution in [0.1, 0.15) is 6.42 Å². The first-order chi connectivity index (χ1) is 11.6. The lowest BCUT2D eigenvalue weighted by Gasteiger charge is -2.20. The fourth-order valence-corrected chi connectivity index (χ4v) is 3.27. The highest BCUT2D eigenvalue weighted by Crippen LogP contribution is 2.32. The number of anilines is 1. The molecule has 0 spiro atoms. The Morgan fingerprint density at radius 3 is 2.92 bits per heavy atom. The molecule has 0 saturated carbocycles. The van der Waals surface area contributed by atoms with Gasteiger partial charge in [-0.1, -0.05) is 12.1 Å². The van der Waals surface area contributed by atoms with Crippen molar-refractivity contribution in [2.24, 2.45) is 11.8 Å². The van der Waals surface area contributed by atoms with Crippen molar-refractivity contribution in [1.82, 2.24) is 10.6 Å². The van der Waals surface area contributed by atoms with Crippen LogP contribution in [0.3, 0.4) is 0 Å². The molecule has 3 atom stereocenters. The number of methoxy groups -OCH3 is 1. The molecule has 130 valence electrons. The van der Waals surface area contributed by atoms with Gasteiger partial charge in [0.15, 0.2) is 0 Å². The van der Waals surface area contributed by atoms with Crippen LogP contribution in [0.5, 0.6) is 5.75 Å². The Kier molecular flexibility index (Phi) is 5.01. The molecule has 0 aliphatic carbocycles. The second kappa shape index (κ2) is 7.19. The Balaban J connectivity index is 1.60. The lowest BCUT2D eigenvalue weighted by atomic mass is 10.0. The van der Waals surface area contributed by atoms with Crippen LogP contribution in [0.25, 0.3) is 0 Å². The maximum Gasteiger partial charge on any atom is 0.227 e. The predicted octanol–water partition coefficient (Wildman–Crippen LogP) is -0.255. The third-order valence-corrected chi connectivity index (χ3v) is 4.71. The van der Waals surface area contributed by atoms with Gasteiger partial charge in [0.1, 0.15) is 5.75 Å². The fraction of sp³-hybridized carbons (Fsp3) is 0.529. The van der Waals surface area contributed by atoms with Crippen LogP contribution in [0, 0.1) is 11.8 Å². The van der Waals surface area contributed by atoms with E-state index in [0.29, 0.717) is 37.6 Å². The third kappa shape index (κ3) is 3.37. The Bertz CT molecular complexity index is 622. The molecule has 1 aromatic carbocycles. The van der Waals surface area contributed by atoms with Crippen LogP contribution in [-0.2, 0) is 9.59 Å². The molecule has 0 aromatic heterocycles. The van der Waals surface area contributed by atoms with E-state index >= 15 is 0 Å². The molecular weight excluding hydrogens is 310 g/mol. The number of benzene rings is 1. The van der Waals surface area contributed by atoms with Crippen molar-refractivity contribution in [3.05, 3.63) is 24.3 Å². The minimum absolute atomic E-state index is 0.0244. The number of amides is 2. The summed E-state index contributed by atoms with van der Waals surface area (Å²) in [5, 5.41) is 15.7. The SMILES string of the molecule is COc1ccccc1N1CC(C(=O)NCC2CNCC2O)CC1=O. The molecule has 2 amide bonds. The molecule has 2 aliphatic heterocycles. The van der Waals surface area contributed by atoms with Crippen molar-refractivity contribution in [3.8, 4) is 5.75 Å². The minimum Gasteiger partial charge on any atom is -0.495 e. The van der Waals surface area contributed by atoms with E-state index in [1.807, 2.05) is 18.2 Å². The average molecular weight is 333 g/mol. The van der Waals surface area contributed by atoms with E-state index in [0.717, 1.165) is 0 Å². The number of carbonyl (C=O) groups is 2. The summed E-state index contributed by atoms with van der Waals surface area (Å²) >= 11 is 0. The number of nitrogens with zero attached hydrogens (tertiary/aromatic N) is 1. The second-order valence-corrected chi connectivity index (χ2v) is 6.31. The lowest BCUT2D eigenvalue weighted by molar-refractivity contribution is -0.126. The third-order valence-electron chi connectivity index (χ3n) is 4.71. The van der Waals surface area contributed by atoms with Gasteiger partial charge in [-0.3, -0.25) is 9.59 Å². The van der Waals surface area contributed by atoms with Gasteiger partial charge in [0.25, 0.3) is 0 Å². The first-order valence-corrected chi connectivity index (χ1v) is 8.20. The van der Waals surface area contributed by atoms with Gasteiger partial charge < -0.3 is 25.4 Å². The number of rotatable bonds is 5. The number of β-amino-alcohol motifs (C(OH)–C–C–N with tert-alkyl or cyclic N) is 1. The summed E-state index contributed by atoms with van der Waals surface area (Å²) in [4.78, 5) is 26.3. The number of para-hydroxylation sites is 2. The number of nitrogens with one attached hydrogen (secondary N) is 2. The van der Waals surface area contributed by atoms with E-state index < -0.39 is 6.10 Å². The smallest absolute Gasteiger partial charge is 0.227 e. The number of hydrogen-bond acceptors (Lipinski definition) is 5. The van der Waals surface area contributed by atoms with Crippen molar-refractivity contribution in [1.29, 1.82) is 0 Å². The zero-order valence-electron chi connectivity index (χ0n) is 13.7. The molecule has 0 bridgehead atoms. The van der Waals surface area contributed by atoms with Gasteiger partial charge in [-0.05, 0) is 12.1 Å². The number of aliphatic hydroxyl groups is 1. The largest absolute Gasteiger partial charge is 0.495 e. The molecule has 2 saturated heterocycles. The second-order valence-electron chi connectivity index (χ2n) is 6.31. The maximum atomic E-state index is 12.4. The molecule has 7 heteroatoms. The predicted molar refractivity (Wildman–Crippen MR) is 88.8 cm³/mol. The first-order valence-electron chi connectivity index (χ1n) is 8.20. The molecule has 0 radical (unpaired) electrons. The highest BCUT2D eigenvalue weighted by Gasteiger charge is 2.36. The van der Waals surface area contributed by atoms with Crippen LogP contribution in [0.2, 0.25) is 0 Å². The van der Waals surface area contributed by atoms with Gasteiger partial charge in [-0.25, -0.2) is 0 Å². The van der Waals surface area contributed by atoms with E-state index in [1.165, 1.54) is 0 Å². The quantitative estimate of drug-likeness (QED) is 0.691. The molecule has 3 rings (SSSR count). The van der Waals surface area contributed by atoms with Crippen LogP contribution >= 0.6 is 0 Å². The maximum absolute atomic E-state index is 12.4. The summed E-state index contributed by atoms with van der Waals surface area (Å²) in [6.45, 7) is 2.02. The number of aliphatic hydroxyl groups excluding tert-OH is 1. The molecule has 2 heterocycles. The molecule has 7 nitrogen and oxygen atoms in total. The average Bonchev–Trinajstić information content (AvgIpc) is 3.18. The van der Waals surface area contributed by atoms with E-state index in [4.69, 9.17) is 4.74 Å². The Morgan fingerprint density at radius 2 is 2.21 bits per heavy atom. The molecule has 2 aliphatic rings. The molecule has 24 heavy (non-hydrogen) atoms. The number of ether oxygens (including phenoxy) is 1. The highest BCUT2D eigenvalue weighted by atomic mass is 16.5. The van der Waals surface area contributed by atoms with Gasteiger partial charge in [-0.2, -0.15) is 0 Å². The van der Waals surface area contributed by atoms with Crippen LogP contribution in [0.4, 0.5) is 5.69 Å². The molecule has 1 aromatic rings. The first kappa shape index (κ1) is 16.7. The molecular formula is C17H23N3O4. The van der Waals surface area contributed by atoms with E-state index in [-0.39, 0.29) is 30.1 Å². The van der Waals surface area contributed by atoms with Gasteiger partial charge >= 0.3 is 0 Å². The standard InChI is InChI=1S/C17H23N3O4/c1-24-15-5-3-2-4-13(15)20-10-11(6-16(20)22)17(23)19-8-12-7-18-9-14(12)21/h2-5,11-12,14,18,21H,6-10H2,1H3,(H,19,23). The summed E-state index contributed by atoms with van der Waals surface area (Å²) in [6.07, 6.45) is -0.240. The Morgan fingerprint density at radius 1 is 1.42 bits per heavy atom. The minimum atomic E-state index is -0.430. The molecule has 2 fully saturated rings. The van der Waals surface area contributed by atoms with E-state index in [9.17, 15) is 14.7 Å². The van der Waals surface area contributed by atoms with Gasteiger partial charge in [0, 0.05) is 38.5 Å². The molecule has 3 N–H and O–H groups in total. The summed E-state index contributed by atoms with van der Waals surface area (Å²) in [7, 11) is 1.56. The Labute approximate surface area is 141 Å². The topological polar surface area (TPSA) is 90.9 Å². The van der Waals surface area contributed by atoms with Gasteiger partial charge in [-0.15, -0.1) is 0 Å². The fourth-order valence-electron chi connectivity index (χ4n) is 3.27. The number of hydrogen-bond donors (Lipinski definition) is 3. The van der Waals surface area contributed by atoms with Gasteiger partial charge in [0.2, 0.25) is 11.8 Å². The van der Waals surface area contributed by atoms with Gasteiger partial charge in [0.05, 0.1) is 24.8 Å². The number of carbonyl (C=O) groups excluding carboxylic acids is 2. The van der Waals surface area contributed by atoms with Crippen LogP contribution in [-0.4, -0.2) is 56.3 Å². The normalized spacial score (nSPS) is 26.7. The molecule has 3 unspecified atom stereocenters. The summed E-state index contributed by atoms with van der Waals surface area (Å²) in [5.74, 6) is 0.0411. The monoisotopic (exact) mass is 333 g/mol. The zero-order valence-corrected chi connectivity index (χ0v) is 13.7. The van der Waals surface area contributed by atoms with Crippen LogP contribution < -0.4 is 20.3 Å². The van der Waals surface area contributed by atoms with E-state index in [1.54, 1.807) is 18.1 Å². The Hall–Kier alpha value is -2.12. The summed E-state index contributed by atoms with van der Waals surface area (Å²) < 4.78 is 5.30. The van der Waals surface area contributed by atoms with Crippen molar-refractivity contribution in [2.75, 3.05) is 38.2 Å². The van der Waals surface area contributed by atoms with E-state index in [2.05, 4.69) is 10.6 Å². The van der Waals surface area contributed by atoms with Crippen molar-refractivity contribution < 1.29 is 19.4 Å². The lowest BCUT2D eigenvalue weighted by Crippen LogP contribution is -2.38. The summed E-state index contributed by atoms with van der Waals surface area (Å²) in [6, 6.07) is 7.29. The van der Waals surface area contributed by atoms with Crippen molar-refractivity contribution in [2.45, 2.75) is 12.5 Å². The van der Waals surface area contributed by atoms with Crippen molar-refractivity contribution >= 4 is 17.5 Å². The zero-order chi connectivity index (χ0) is 17.1. The van der Waals surface area contributed by atoms with Crippen LogP contribution in [0.15, 0.2) is 24.3 Å². The summed E-state index contributed by atoms with van der Waals surface area (Å²) in [5.41, 5.74) is 0.690. The van der Waals surface area contributed by atoms with Crippen molar-refractivity contribution in [3.63, 3.8) is 0 Å².